The van der Waals surface area contributed by atoms with E-state index < -0.39 is 11.6 Å². The van der Waals surface area contributed by atoms with Crippen molar-refractivity contribution in [3.8, 4) is 0 Å². The summed E-state index contributed by atoms with van der Waals surface area (Å²) in [4.78, 5) is 17.2. The summed E-state index contributed by atoms with van der Waals surface area (Å²) in [7, 11) is 1.55. The van der Waals surface area contributed by atoms with Crippen LogP contribution in [0.2, 0.25) is 0 Å². The van der Waals surface area contributed by atoms with Crippen LogP contribution >= 0.6 is 0 Å². The lowest BCUT2D eigenvalue weighted by atomic mass is 10.2. The molecule has 0 bridgehead atoms. The number of hydrogen-bond acceptors (Lipinski definition) is 2. The van der Waals surface area contributed by atoms with E-state index in [1.54, 1.807) is 25.4 Å². The molecule has 0 saturated carbocycles. The monoisotopic (exact) mass is 262 g/mol. The topological polar surface area (TPSA) is 33.2 Å². The Kier molecular flexibility index (Phi) is 3.85. The summed E-state index contributed by atoms with van der Waals surface area (Å²) in [6.07, 6.45) is 3.01. The Hall–Kier alpha value is -2.30. The van der Waals surface area contributed by atoms with Crippen molar-refractivity contribution in [1.82, 2.24) is 9.88 Å². The molecule has 3 nitrogen and oxygen atoms in total. The second-order valence-electron chi connectivity index (χ2n) is 4.14. The fourth-order valence-corrected chi connectivity index (χ4v) is 1.69. The summed E-state index contributed by atoms with van der Waals surface area (Å²) >= 11 is 0. The summed E-state index contributed by atoms with van der Waals surface area (Å²) in [6.45, 7) is 0.0693. The summed E-state index contributed by atoms with van der Waals surface area (Å²) < 4.78 is 26.3. The molecule has 5 heteroatoms. The van der Waals surface area contributed by atoms with E-state index >= 15 is 0 Å². The molecule has 0 saturated heterocycles. The van der Waals surface area contributed by atoms with E-state index in [4.69, 9.17) is 0 Å². The van der Waals surface area contributed by atoms with E-state index in [0.717, 1.165) is 6.07 Å². The molecule has 0 aliphatic heterocycles. The molecule has 2 rings (SSSR count). The van der Waals surface area contributed by atoms with Crippen LogP contribution in [0.1, 0.15) is 15.9 Å². The maximum absolute atomic E-state index is 13.5. The van der Waals surface area contributed by atoms with Crippen molar-refractivity contribution in [2.45, 2.75) is 6.54 Å². The van der Waals surface area contributed by atoms with Crippen LogP contribution in [0.25, 0.3) is 0 Å². The Morgan fingerprint density at radius 1 is 1.32 bits per heavy atom. The van der Waals surface area contributed by atoms with Crippen LogP contribution in [-0.2, 0) is 6.54 Å². The number of aromatic nitrogens is 1. The van der Waals surface area contributed by atoms with Gasteiger partial charge in [0.05, 0.1) is 5.56 Å². The average molecular weight is 262 g/mol. The highest BCUT2D eigenvalue weighted by molar-refractivity contribution is 5.93. The normalized spacial score (nSPS) is 10.3. The fraction of sp³-hybridized carbons (Fsp3) is 0.143. The molecule has 0 unspecified atom stereocenters. The van der Waals surface area contributed by atoms with E-state index in [1.807, 2.05) is 0 Å². The molecule has 2 aromatic rings. The summed E-state index contributed by atoms with van der Waals surface area (Å²) in [5.74, 6) is -1.56. The number of nitrogens with zero attached hydrogens (tertiary/aromatic N) is 2. The standard InChI is InChI=1S/C14H12F2N2O/c1-18(14(19)10-3-2-6-17-8-10)9-11-4-5-12(15)7-13(11)16/h2-8H,9H2,1H3. The molecule has 1 aromatic heterocycles. The van der Waals surface area contributed by atoms with E-state index in [1.165, 1.54) is 23.2 Å². The number of halogens is 2. The van der Waals surface area contributed by atoms with Gasteiger partial charge in [-0.2, -0.15) is 0 Å². The largest absolute Gasteiger partial charge is 0.337 e. The van der Waals surface area contributed by atoms with Crippen molar-refractivity contribution in [3.05, 3.63) is 65.5 Å². The number of amides is 1. The first-order valence-corrected chi connectivity index (χ1v) is 5.67. The third-order valence-corrected chi connectivity index (χ3v) is 2.68. The smallest absolute Gasteiger partial charge is 0.255 e. The lowest BCUT2D eigenvalue weighted by Crippen LogP contribution is -2.26. The zero-order chi connectivity index (χ0) is 13.8. The van der Waals surface area contributed by atoms with Gasteiger partial charge >= 0.3 is 0 Å². The third-order valence-electron chi connectivity index (χ3n) is 2.68. The molecule has 0 spiro atoms. The molecule has 1 amide bonds. The fourth-order valence-electron chi connectivity index (χ4n) is 1.69. The van der Waals surface area contributed by atoms with Crippen LogP contribution in [0.3, 0.4) is 0 Å². The Morgan fingerprint density at radius 3 is 2.74 bits per heavy atom. The molecule has 98 valence electrons. The Labute approximate surface area is 109 Å². The van der Waals surface area contributed by atoms with Gasteiger partial charge in [0.2, 0.25) is 0 Å². The Bertz CT molecular complexity index is 587. The molecule has 0 aliphatic carbocycles. The second-order valence-corrected chi connectivity index (χ2v) is 4.14. The molecule has 0 atom stereocenters. The lowest BCUT2D eigenvalue weighted by Gasteiger charge is -2.17. The zero-order valence-electron chi connectivity index (χ0n) is 10.3. The van der Waals surface area contributed by atoms with Gasteiger partial charge in [0.25, 0.3) is 5.91 Å². The number of benzene rings is 1. The zero-order valence-corrected chi connectivity index (χ0v) is 10.3. The van der Waals surface area contributed by atoms with Crippen LogP contribution in [0.4, 0.5) is 8.78 Å². The van der Waals surface area contributed by atoms with Gasteiger partial charge in [0.1, 0.15) is 11.6 Å². The van der Waals surface area contributed by atoms with Crippen molar-refractivity contribution >= 4 is 5.91 Å². The second kappa shape index (κ2) is 5.56. The highest BCUT2D eigenvalue weighted by atomic mass is 19.1. The quantitative estimate of drug-likeness (QED) is 0.852. The molecule has 1 aromatic carbocycles. The Morgan fingerprint density at radius 2 is 2.11 bits per heavy atom. The van der Waals surface area contributed by atoms with Gasteiger partial charge in [-0.15, -0.1) is 0 Å². The number of hydrogen-bond donors (Lipinski definition) is 0. The highest BCUT2D eigenvalue weighted by Crippen LogP contribution is 2.13. The predicted molar refractivity (Wildman–Crippen MR) is 66.4 cm³/mol. The SMILES string of the molecule is CN(Cc1ccc(F)cc1F)C(=O)c1cccnc1. The van der Waals surface area contributed by atoms with E-state index in [-0.39, 0.29) is 18.0 Å². The number of carbonyl (C=O) groups is 1. The van der Waals surface area contributed by atoms with Crippen LogP contribution in [0.5, 0.6) is 0 Å². The minimum atomic E-state index is -0.661. The lowest BCUT2D eigenvalue weighted by molar-refractivity contribution is 0.0783. The number of pyridine rings is 1. The summed E-state index contributed by atoms with van der Waals surface area (Å²) in [6, 6.07) is 6.59. The van der Waals surface area contributed by atoms with Gasteiger partial charge in [0.15, 0.2) is 0 Å². The van der Waals surface area contributed by atoms with Gasteiger partial charge in [-0.1, -0.05) is 6.07 Å². The van der Waals surface area contributed by atoms with Gasteiger partial charge in [-0.05, 0) is 18.2 Å². The first-order chi connectivity index (χ1) is 9.08. The molecule has 0 fully saturated rings. The van der Waals surface area contributed by atoms with Gasteiger partial charge < -0.3 is 4.90 Å². The van der Waals surface area contributed by atoms with Crippen molar-refractivity contribution in [2.75, 3.05) is 7.05 Å². The first-order valence-electron chi connectivity index (χ1n) is 5.67. The average Bonchev–Trinajstić information content (AvgIpc) is 2.42. The van der Waals surface area contributed by atoms with Crippen LogP contribution in [0.15, 0.2) is 42.7 Å². The van der Waals surface area contributed by atoms with Crippen molar-refractivity contribution in [2.24, 2.45) is 0 Å². The number of rotatable bonds is 3. The first kappa shape index (κ1) is 13.1. The maximum atomic E-state index is 13.5. The summed E-state index contributed by atoms with van der Waals surface area (Å²) in [5, 5.41) is 0. The molecule has 0 aliphatic rings. The maximum Gasteiger partial charge on any atom is 0.255 e. The molecular formula is C14H12F2N2O. The van der Waals surface area contributed by atoms with Crippen LogP contribution in [0, 0.1) is 11.6 Å². The van der Waals surface area contributed by atoms with E-state index in [2.05, 4.69) is 4.98 Å². The minimum absolute atomic E-state index is 0.0693. The third kappa shape index (κ3) is 3.13. The van der Waals surface area contributed by atoms with Gasteiger partial charge in [-0.3, -0.25) is 9.78 Å². The summed E-state index contributed by atoms with van der Waals surface area (Å²) in [5.41, 5.74) is 0.689. The van der Waals surface area contributed by atoms with Crippen molar-refractivity contribution in [1.29, 1.82) is 0 Å². The van der Waals surface area contributed by atoms with Crippen molar-refractivity contribution < 1.29 is 13.6 Å². The van der Waals surface area contributed by atoms with Crippen molar-refractivity contribution in [3.63, 3.8) is 0 Å². The molecule has 1 heterocycles. The number of carbonyl (C=O) groups excluding carboxylic acids is 1. The molecule has 0 radical (unpaired) electrons. The molecule has 0 N–H and O–H groups in total. The van der Waals surface area contributed by atoms with Crippen LogP contribution < -0.4 is 0 Å². The molecular weight excluding hydrogens is 250 g/mol. The highest BCUT2D eigenvalue weighted by Gasteiger charge is 2.14. The van der Waals surface area contributed by atoms with E-state index in [0.29, 0.717) is 5.56 Å². The molecule has 19 heavy (non-hydrogen) atoms. The van der Waals surface area contributed by atoms with Crippen LogP contribution in [-0.4, -0.2) is 22.8 Å². The Balaban J connectivity index is 2.13. The van der Waals surface area contributed by atoms with Gasteiger partial charge in [-0.25, -0.2) is 8.78 Å². The predicted octanol–water partition coefficient (Wildman–Crippen LogP) is 2.63. The van der Waals surface area contributed by atoms with E-state index in [9.17, 15) is 13.6 Å². The van der Waals surface area contributed by atoms with Gasteiger partial charge in [0, 0.05) is 37.6 Å². The minimum Gasteiger partial charge on any atom is -0.337 e.